The first-order valence-electron chi connectivity index (χ1n) is 11.2. The Kier molecular flexibility index (Phi) is 5.46. The zero-order chi connectivity index (χ0) is 23.0. The molecule has 1 saturated heterocycles. The number of pyridine rings is 2. The lowest BCUT2D eigenvalue weighted by Crippen LogP contribution is -2.31. The summed E-state index contributed by atoms with van der Waals surface area (Å²) in [5.74, 6) is 2.93. The van der Waals surface area contributed by atoms with Gasteiger partial charge in [-0.25, -0.2) is 14.5 Å². The van der Waals surface area contributed by atoms with E-state index in [-0.39, 0.29) is 5.60 Å². The van der Waals surface area contributed by atoms with Crippen LogP contribution in [0.4, 0.5) is 11.6 Å². The number of hydrogen-bond acceptors (Lipinski definition) is 7. The van der Waals surface area contributed by atoms with Crippen molar-refractivity contribution >= 4 is 17.2 Å². The predicted molar refractivity (Wildman–Crippen MR) is 127 cm³/mol. The second kappa shape index (κ2) is 8.44. The van der Waals surface area contributed by atoms with Crippen molar-refractivity contribution in [2.45, 2.75) is 46.1 Å². The van der Waals surface area contributed by atoms with Gasteiger partial charge in [0.1, 0.15) is 24.0 Å². The van der Waals surface area contributed by atoms with Gasteiger partial charge >= 0.3 is 0 Å². The molecule has 8 heteroatoms. The number of nitrogens with zero attached hydrogens (tertiary/aromatic N) is 5. The van der Waals surface area contributed by atoms with Crippen LogP contribution in [0.15, 0.2) is 42.7 Å². The molecule has 0 radical (unpaired) electrons. The Labute approximate surface area is 193 Å². The summed E-state index contributed by atoms with van der Waals surface area (Å²) in [6.45, 7) is 9.22. The first kappa shape index (κ1) is 21.3. The van der Waals surface area contributed by atoms with Crippen LogP contribution in [0.2, 0.25) is 0 Å². The van der Waals surface area contributed by atoms with E-state index in [0.29, 0.717) is 6.61 Å². The highest BCUT2D eigenvalue weighted by molar-refractivity contribution is 5.75. The summed E-state index contributed by atoms with van der Waals surface area (Å²) in [6, 6.07) is 10.1. The fourth-order valence-corrected chi connectivity index (χ4v) is 4.20. The molecule has 1 N–H and O–H groups in total. The van der Waals surface area contributed by atoms with Crippen molar-refractivity contribution in [3.05, 3.63) is 59.9 Å². The third-order valence-corrected chi connectivity index (χ3v) is 5.83. The van der Waals surface area contributed by atoms with E-state index in [1.807, 2.05) is 49.7 Å². The van der Waals surface area contributed by atoms with Gasteiger partial charge in [-0.1, -0.05) is 0 Å². The Hall–Kier alpha value is -3.52. The molecule has 1 aliphatic heterocycles. The molecule has 1 fully saturated rings. The van der Waals surface area contributed by atoms with Crippen molar-refractivity contribution in [1.82, 2.24) is 24.6 Å². The van der Waals surface area contributed by atoms with Crippen LogP contribution < -0.4 is 10.1 Å². The van der Waals surface area contributed by atoms with Gasteiger partial charge in [0.05, 0.1) is 17.3 Å². The molecule has 1 atom stereocenters. The molecule has 0 bridgehead atoms. The maximum atomic E-state index is 6.22. The summed E-state index contributed by atoms with van der Waals surface area (Å²) in [5, 5.41) is 7.90. The van der Waals surface area contributed by atoms with E-state index in [4.69, 9.17) is 9.47 Å². The number of rotatable bonds is 6. The monoisotopic (exact) mass is 444 g/mol. The van der Waals surface area contributed by atoms with Gasteiger partial charge in [0, 0.05) is 41.9 Å². The zero-order valence-electron chi connectivity index (χ0n) is 19.4. The highest BCUT2D eigenvalue weighted by Crippen LogP contribution is 2.33. The van der Waals surface area contributed by atoms with Crippen molar-refractivity contribution in [3.8, 4) is 16.9 Å². The molecule has 0 spiro atoms. The molecule has 33 heavy (non-hydrogen) atoms. The van der Waals surface area contributed by atoms with Gasteiger partial charge in [-0.15, -0.1) is 0 Å². The molecule has 170 valence electrons. The second-order valence-corrected chi connectivity index (χ2v) is 8.89. The van der Waals surface area contributed by atoms with E-state index in [9.17, 15) is 0 Å². The lowest BCUT2D eigenvalue weighted by molar-refractivity contribution is -0.0158. The molecule has 1 aliphatic rings. The molecule has 0 aromatic carbocycles. The third-order valence-electron chi connectivity index (χ3n) is 5.83. The van der Waals surface area contributed by atoms with Crippen LogP contribution in [0.25, 0.3) is 16.6 Å². The van der Waals surface area contributed by atoms with Crippen LogP contribution in [0, 0.1) is 20.8 Å². The molecule has 0 amide bonds. The lowest BCUT2D eigenvalue weighted by Gasteiger charge is -2.24. The molecule has 4 aromatic heterocycles. The number of aromatic nitrogens is 5. The number of hydrogen-bond donors (Lipinski definition) is 1. The van der Waals surface area contributed by atoms with Gasteiger partial charge in [-0.05, 0) is 64.3 Å². The van der Waals surface area contributed by atoms with E-state index in [1.165, 1.54) is 0 Å². The fraction of sp³-hybridized carbons (Fsp3) is 0.360. The van der Waals surface area contributed by atoms with Crippen molar-refractivity contribution < 1.29 is 9.47 Å². The fourth-order valence-electron chi connectivity index (χ4n) is 4.20. The number of aryl methyl sites for hydroxylation is 3. The van der Waals surface area contributed by atoms with Crippen LogP contribution in [-0.2, 0) is 4.74 Å². The Balaban J connectivity index is 1.43. The Bertz CT molecular complexity index is 1290. The zero-order valence-corrected chi connectivity index (χ0v) is 19.4. The highest BCUT2D eigenvalue weighted by Gasteiger charge is 2.31. The van der Waals surface area contributed by atoms with Crippen molar-refractivity contribution in [1.29, 1.82) is 0 Å². The normalized spacial score (nSPS) is 18.1. The minimum absolute atomic E-state index is 0.240. The van der Waals surface area contributed by atoms with Gasteiger partial charge in [-0.3, -0.25) is 4.98 Å². The van der Waals surface area contributed by atoms with E-state index >= 15 is 0 Å². The predicted octanol–water partition coefficient (Wildman–Crippen LogP) is 4.80. The second-order valence-electron chi connectivity index (χ2n) is 8.89. The topological polar surface area (TPSA) is 86.5 Å². The van der Waals surface area contributed by atoms with E-state index in [0.717, 1.165) is 70.7 Å². The van der Waals surface area contributed by atoms with Crippen LogP contribution in [0.1, 0.15) is 37.0 Å². The summed E-state index contributed by atoms with van der Waals surface area (Å²) in [6.07, 6.45) is 5.83. The Morgan fingerprint density at radius 3 is 2.76 bits per heavy atom. The first-order chi connectivity index (χ1) is 15.9. The molecule has 1 unspecified atom stereocenters. The van der Waals surface area contributed by atoms with E-state index in [2.05, 4.69) is 44.4 Å². The Morgan fingerprint density at radius 1 is 1.09 bits per heavy atom. The molecule has 5 heterocycles. The summed E-state index contributed by atoms with van der Waals surface area (Å²) in [5.41, 5.74) is 4.61. The molecule has 0 aliphatic carbocycles. The SMILES string of the molecule is Cc1cc(-c2ccn3nc(Nc4cc(C)nc(C)n4)cc3c2)c(OCC2(C)CCCO2)cn1. The molecular formula is C25H28N6O2. The van der Waals surface area contributed by atoms with Crippen molar-refractivity contribution in [2.75, 3.05) is 18.5 Å². The van der Waals surface area contributed by atoms with Gasteiger partial charge < -0.3 is 14.8 Å². The van der Waals surface area contributed by atoms with E-state index in [1.54, 1.807) is 6.20 Å². The molecule has 0 saturated carbocycles. The van der Waals surface area contributed by atoms with Crippen molar-refractivity contribution in [3.63, 3.8) is 0 Å². The molecule has 8 nitrogen and oxygen atoms in total. The van der Waals surface area contributed by atoms with Gasteiger partial charge in [0.2, 0.25) is 0 Å². The summed E-state index contributed by atoms with van der Waals surface area (Å²) >= 11 is 0. The standard InChI is InChI=1S/C25H28N6O2/c1-16-10-21(22(14-26-16)32-15-25(4)7-5-9-33-25)19-6-8-31-20(12-19)13-24(30-31)29-23-11-17(2)27-18(3)28-23/h6,8,10-14H,5,7,9,15H2,1-4H3,(H,27,28,29,30). The van der Waals surface area contributed by atoms with Crippen LogP contribution in [0.5, 0.6) is 5.75 Å². The maximum absolute atomic E-state index is 6.22. The molecule has 5 rings (SSSR count). The van der Waals surface area contributed by atoms with Crippen LogP contribution >= 0.6 is 0 Å². The number of fused-ring (bicyclic) bond motifs is 1. The number of ether oxygens (including phenoxy) is 2. The summed E-state index contributed by atoms with van der Waals surface area (Å²) < 4.78 is 13.9. The largest absolute Gasteiger partial charge is 0.488 e. The summed E-state index contributed by atoms with van der Waals surface area (Å²) in [7, 11) is 0. The third kappa shape index (κ3) is 4.66. The van der Waals surface area contributed by atoms with Gasteiger partial charge in [-0.2, -0.15) is 5.10 Å². The maximum Gasteiger partial charge on any atom is 0.154 e. The summed E-state index contributed by atoms with van der Waals surface area (Å²) in [4.78, 5) is 13.2. The molecular weight excluding hydrogens is 416 g/mol. The minimum Gasteiger partial charge on any atom is -0.488 e. The minimum atomic E-state index is -0.240. The van der Waals surface area contributed by atoms with Crippen LogP contribution in [0.3, 0.4) is 0 Å². The lowest BCUT2D eigenvalue weighted by atomic mass is 10.0. The molecule has 4 aromatic rings. The van der Waals surface area contributed by atoms with E-state index < -0.39 is 0 Å². The van der Waals surface area contributed by atoms with Gasteiger partial charge in [0.25, 0.3) is 0 Å². The number of anilines is 2. The highest BCUT2D eigenvalue weighted by atomic mass is 16.5. The van der Waals surface area contributed by atoms with Crippen molar-refractivity contribution in [2.24, 2.45) is 0 Å². The van der Waals surface area contributed by atoms with Crippen LogP contribution in [-0.4, -0.2) is 43.4 Å². The van der Waals surface area contributed by atoms with Gasteiger partial charge in [0.15, 0.2) is 5.82 Å². The average molecular weight is 445 g/mol. The Morgan fingerprint density at radius 2 is 1.97 bits per heavy atom. The smallest absolute Gasteiger partial charge is 0.154 e. The average Bonchev–Trinajstić information content (AvgIpc) is 3.37. The number of nitrogens with one attached hydrogen (secondary N) is 1. The quantitative estimate of drug-likeness (QED) is 0.457. The first-order valence-corrected chi connectivity index (χ1v) is 11.2.